The predicted molar refractivity (Wildman–Crippen MR) is 81.5 cm³/mol. The molecule has 1 amide bonds. The van der Waals surface area contributed by atoms with Crippen LogP contribution in [0.25, 0.3) is 0 Å². The molecule has 0 aromatic heterocycles. The molecule has 4 heteroatoms. The molecular formula is C15H20N2OS. The number of thiocarbonyl (C=S) groups is 1. The molecule has 102 valence electrons. The lowest BCUT2D eigenvalue weighted by atomic mass is 9.98. The Balaban J connectivity index is 2.37. The van der Waals surface area contributed by atoms with Gasteiger partial charge < -0.3 is 10.6 Å². The molecule has 1 unspecified atom stereocenters. The maximum Gasteiger partial charge on any atom is 0.254 e. The number of aryl methyl sites for hydroxylation is 3. The molecule has 0 saturated carbocycles. The van der Waals surface area contributed by atoms with Crippen molar-refractivity contribution in [2.45, 2.75) is 39.7 Å². The van der Waals surface area contributed by atoms with E-state index in [4.69, 9.17) is 18.0 Å². The van der Waals surface area contributed by atoms with Crippen LogP contribution in [0.2, 0.25) is 0 Å². The monoisotopic (exact) mass is 276 g/mol. The topological polar surface area (TPSA) is 46.3 Å². The summed E-state index contributed by atoms with van der Waals surface area (Å²) in [7, 11) is 0. The molecular weight excluding hydrogens is 256 g/mol. The summed E-state index contributed by atoms with van der Waals surface area (Å²) >= 11 is 5.07. The van der Waals surface area contributed by atoms with E-state index in [9.17, 15) is 4.79 Å². The number of carbonyl (C=O) groups is 1. The van der Waals surface area contributed by atoms with E-state index in [1.165, 1.54) is 5.56 Å². The quantitative estimate of drug-likeness (QED) is 0.844. The van der Waals surface area contributed by atoms with Crippen LogP contribution in [0.15, 0.2) is 12.1 Å². The molecule has 2 N–H and O–H groups in total. The highest BCUT2D eigenvalue weighted by atomic mass is 32.1. The van der Waals surface area contributed by atoms with Crippen molar-refractivity contribution >= 4 is 23.1 Å². The third kappa shape index (κ3) is 2.63. The minimum atomic E-state index is -0.0809. The molecule has 1 atom stereocenters. The zero-order valence-electron chi connectivity index (χ0n) is 11.7. The van der Waals surface area contributed by atoms with Crippen LogP contribution in [0.3, 0.4) is 0 Å². The number of carbonyl (C=O) groups excluding carboxylic acids is 1. The van der Waals surface area contributed by atoms with Gasteiger partial charge in [-0.3, -0.25) is 4.79 Å². The van der Waals surface area contributed by atoms with Crippen LogP contribution >= 0.6 is 12.2 Å². The second kappa shape index (κ2) is 5.29. The van der Waals surface area contributed by atoms with E-state index in [0.29, 0.717) is 4.99 Å². The van der Waals surface area contributed by atoms with E-state index in [2.05, 4.69) is 0 Å². The normalized spacial score (nSPS) is 18.7. The molecule has 1 aromatic rings. The molecule has 3 nitrogen and oxygen atoms in total. The molecule has 1 aliphatic rings. The summed E-state index contributed by atoms with van der Waals surface area (Å²) < 4.78 is 0. The van der Waals surface area contributed by atoms with Gasteiger partial charge in [-0.05, 0) is 44.7 Å². The van der Waals surface area contributed by atoms with Gasteiger partial charge >= 0.3 is 0 Å². The average Bonchev–Trinajstić information content (AvgIpc) is 2.75. The van der Waals surface area contributed by atoms with Crippen LogP contribution in [-0.4, -0.2) is 28.4 Å². The molecule has 1 aromatic carbocycles. The summed E-state index contributed by atoms with van der Waals surface area (Å²) in [6, 6.07) is 4.01. The smallest absolute Gasteiger partial charge is 0.254 e. The Bertz CT molecular complexity index is 516. The summed E-state index contributed by atoms with van der Waals surface area (Å²) in [6.45, 7) is 6.76. The zero-order chi connectivity index (χ0) is 14.2. The van der Waals surface area contributed by atoms with E-state index in [0.717, 1.165) is 36.1 Å². The SMILES string of the molecule is Cc1cc(C)c(C(=O)N2CCCC2C(N)=S)c(C)c1. The predicted octanol–water partition coefficient (Wildman–Crippen LogP) is 2.50. The second-order valence-corrected chi connectivity index (χ2v) is 5.80. The average molecular weight is 276 g/mol. The Hall–Kier alpha value is -1.42. The number of nitrogens with zero attached hydrogens (tertiary/aromatic N) is 1. The summed E-state index contributed by atoms with van der Waals surface area (Å²) in [5.74, 6) is 0.0605. The van der Waals surface area contributed by atoms with Crippen molar-refractivity contribution in [3.63, 3.8) is 0 Å². The molecule has 0 bridgehead atoms. The lowest BCUT2D eigenvalue weighted by molar-refractivity contribution is 0.0769. The van der Waals surface area contributed by atoms with Gasteiger partial charge in [-0.2, -0.15) is 0 Å². The first-order valence-corrected chi connectivity index (χ1v) is 7.00. The lowest BCUT2D eigenvalue weighted by Gasteiger charge is -2.25. The highest BCUT2D eigenvalue weighted by Crippen LogP contribution is 2.24. The fourth-order valence-electron chi connectivity index (χ4n) is 2.97. The Kier molecular flexibility index (Phi) is 3.90. The molecule has 19 heavy (non-hydrogen) atoms. The van der Waals surface area contributed by atoms with Crippen LogP contribution in [0.4, 0.5) is 0 Å². The third-order valence-electron chi connectivity index (χ3n) is 3.73. The second-order valence-electron chi connectivity index (χ2n) is 5.33. The van der Waals surface area contributed by atoms with Gasteiger partial charge in [0.2, 0.25) is 0 Å². The van der Waals surface area contributed by atoms with Crippen molar-refractivity contribution in [1.82, 2.24) is 4.90 Å². The van der Waals surface area contributed by atoms with Gasteiger partial charge in [0.25, 0.3) is 5.91 Å². The van der Waals surface area contributed by atoms with Gasteiger partial charge in [0.15, 0.2) is 0 Å². The first-order valence-electron chi connectivity index (χ1n) is 6.60. The van der Waals surface area contributed by atoms with E-state index >= 15 is 0 Å². The number of nitrogens with two attached hydrogens (primary N) is 1. The number of rotatable bonds is 2. The number of benzene rings is 1. The number of hydrogen-bond acceptors (Lipinski definition) is 2. The van der Waals surface area contributed by atoms with Crippen LogP contribution < -0.4 is 5.73 Å². The first kappa shape index (κ1) is 14.0. The first-order chi connectivity index (χ1) is 8.91. The Morgan fingerprint density at radius 3 is 2.42 bits per heavy atom. The summed E-state index contributed by atoms with van der Waals surface area (Å²) in [6.07, 6.45) is 1.85. The molecule has 2 rings (SSSR count). The van der Waals surface area contributed by atoms with Crippen molar-refractivity contribution < 1.29 is 4.79 Å². The van der Waals surface area contributed by atoms with Crippen molar-refractivity contribution in [3.05, 3.63) is 34.4 Å². The third-order valence-corrected chi connectivity index (χ3v) is 4.01. The van der Waals surface area contributed by atoms with E-state index < -0.39 is 0 Å². The molecule has 0 spiro atoms. The Labute approximate surface area is 119 Å². The van der Waals surface area contributed by atoms with E-state index in [-0.39, 0.29) is 11.9 Å². The fourth-order valence-corrected chi connectivity index (χ4v) is 3.21. The van der Waals surface area contributed by atoms with E-state index in [1.54, 1.807) is 0 Å². The molecule has 0 radical (unpaired) electrons. The Morgan fingerprint density at radius 2 is 1.89 bits per heavy atom. The van der Waals surface area contributed by atoms with Crippen LogP contribution in [0.1, 0.15) is 39.9 Å². The van der Waals surface area contributed by atoms with Crippen LogP contribution in [0.5, 0.6) is 0 Å². The standard InChI is InChI=1S/C15H20N2OS/c1-9-7-10(2)13(11(3)8-9)15(18)17-6-4-5-12(17)14(16)19/h7-8,12H,4-6H2,1-3H3,(H2,16,19). The maximum absolute atomic E-state index is 12.7. The number of amides is 1. The Morgan fingerprint density at radius 1 is 1.32 bits per heavy atom. The van der Waals surface area contributed by atoms with Crippen LogP contribution in [-0.2, 0) is 0 Å². The highest BCUT2D eigenvalue weighted by molar-refractivity contribution is 7.80. The molecule has 1 aliphatic heterocycles. The van der Waals surface area contributed by atoms with E-state index in [1.807, 2.05) is 37.8 Å². The summed E-state index contributed by atoms with van der Waals surface area (Å²) in [5, 5.41) is 0. The number of likely N-dealkylation sites (tertiary alicyclic amines) is 1. The van der Waals surface area contributed by atoms with Crippen molar-refractivity contribution in [3.8, 4) is 0 Å². The molecule has 0 aliphatic carbocycles. The molecule has 1 heterocycles. The molecule has 1 saturated heterocycles. The minimum Gasteiger partial charge on any atom is -0.392 e. The van der Waals surface area contributed by atoms with Gasteiger partial charge in [0.1, 0.15) is 0 Å². The summed E-state index contributed by atoms with van der Waals surface area (Å²) in [4.78, 5) is 15.0. The number of hydrogen-bond donors (Lipinski definition) is 1. The minimum absolute atomic E-state index is 0.0605. The van der Waals surface area contributed by atoms with Crippen LogP contribution in [0, 0.1) is 20.8 Å². The highest BCUT2D eigenvalue weighted by Gasteiger charge is 2.32. The van der Waals surface area contributed by atoms with Gasteiger partial charge in [0.05, 0.1) is 11.0 Å². The maximum atomic E-state index is 12.7. The van der Waals surface area contributed by atoms with Gasteiger partial charge in [-0.1, -0.05) is 29.9 Å². The largest absolute Gasteiger partial charge is 0.392 e. The molecule has 1 fully saturated rings. The summed E-state index contributed by atoms with van der Waals surface area (Å²) in [5.41, 5.74) is 9.77. The fraction of sp³-hybridized carbons (Fsp3) is 0.467. The van der Waals surface area contributed by atoms with Crippen molar-refractivity contribution in [1.29, 1.82) is 0 Å². The lowest BCUT2D eigenvalue weighted by Crippen LogP contribution is -2.43. The zero-order valence-corrected chi connectivity index (χ0v) is 12.5. The van der Waals surface area contributed by atoms with Crippen molar-refractivity contribution in [2.75, 3.05) is 6.54 Å². The van der Waals surface area contributed by atoms with Gasteiger partial charge in [0, 0.05) is 12.1 Å². The van der Waals surface area contributed by atoms with Gasteiger partial charge in [-0.15, -0.1) is 0 Å². The van der Waals surface area contributed by atoms with Gasteiger partial charge in [-0.25, -0.2) is 0 Å². The van der Waals surface area contributed by atoms with Crippen molar-refractivity contribution in [2.24, 2.45) is 5.73 Å².